The largest absolute Gasteiger partial charge is 0.497 e. The van der Waals surface area contributed by atoms with Crippen LogP contribution in [0.1, 0.15) is 0 Å². The number of amides is 2. The molecule has 0 fully saturated rings. The molecule has 2 aromatic heterocycles. The highest BCUT2D eigenvalue weighted by molar-refractivity contribution is 7.99. The molecule has 0 saturated carbocycles. The molecule has 0 bridgehead atoms. The highest BCUT2D eigenvalue weighted by Gasteiger charge is 2.17. The van der Waals surface area contributed by atoms with Gasteiger partial charge in [-0.25, -0.2) is 0 Å². The number of carbonyl (C=O) groups is 2. The number of benzene rings is 1. The van der Waals surface area contributed by atoms with E-state index in [1.54, 1.807) is 19.5 Å². The van der Waals surface area contributed by atoms with E-state index >= 15 is 0 Å². The van der Waals surface area contributed by atoms with Crippen LogP contribution in [-0.4, -0.2) is 51.0 Å². The van der Waals surface area contributed by atoms with E-state index in [0.29, 0.717) is 11.0 Å². The quantitative estimate of drug-likeness (QED) is 0.543. The smallest absolute Gasteiger partial charge is 0.236 e. The fraction of sp³-hybridized carbons (Fsp3) is 0.167. The van der Waals surface area contributed by atoms with Gasteiger partial charge in [0.05, 0.1) is 19.4 Å². The van der Waals surface area contributed by atoms with Crippen LogP contribution in [0.4, 0.5) is 0 Å². The summed E-state index contributed by atoms with van der Waals surface area (Å²) in [4.78, 5) is 26.7. The van der Waals surface area contributed by atoms with Crippen LogP contribution < -0.4 is 15.8 Å². The fourth-order valence-corrected chi connectivity index (χ4v) is 3.16. The van der Waals surface area contributed by atoms with Gasteiger partial charge in [0.25, 0.3) is 0 Å². The topological polar surface area (TPSA) is 125 Å². The van der Waals surface area contributed by atoms with Gasteiger partial charge in [-0.2, -0.15) is 0 Å². The molecule has 0 aliphatic carbocycles. The van der Waals surface area contributed by atoms with E-state index in [-0.39, 0.29) is 18.2 Å². The number of pyridine rings is 1. The van der Waals surface area contributed by atoms with Gasteiger partial charge >= 0.3 is 0 Å². The Labute approximate surface area is 165 Å². The minimum atomic E-state index is -0.597. The number of thioether (sulfide) groups is 1. The lowest BCUT2D eigenvalue weighted by atomic mass is 10.2. The molecule has 3 N–H and O–H groups in total. The highest BCUT2D eigenvalue weighted by atomic mass is 32.2. The molecule has 0 radical (unpaired) electrons. The van der Waals surface area contributed by atoms with Gasteiger partial charge in [-0.15, -0.1) is 10.2 Å². The van der Waals surface area contributed by atoms with Crippen LogP contribution in [0.15, 0.2) is 53.9 Å². The lowest BCUT2D eigenvalue weighted by molar-refractivity contribution is -0.123. The average molecular weight is 398 g/mol. The van der Waals surface area contributed by atoms with Gasteiger partial charge in [0, 0.05) is 23.6 Å². The molecule has 0 spiro atoms. The van der Waals surface area contributed by atoms with Crippen molar-refractivity contribution in [1.29, 1.82) is 0 Å². The molecule has 3 rings (SSSR count). The predicted octanol–water partition coefficient (Wildman–Crippen LogP) is 1.03. The van der Waals surface area contributed by atoms with Crippen molar-refractivity contribution >= 4 is 23.6 Å². The third-order valence-corrected chi connectivity index (χ3v) is 4.62. The van der Waals surface area contributed by atoms with Crippen molar-refractivity contribution < 1.29 is 14.3 Å². The number of hydrogen-bond acceptors (Lipinski definition) is 7. The van der Waals surface area contributed by atoms with E-state index < -0.39 is 5.91 Å². The summed E-state index contributed by atoms with van der Waals surface area (Å²) in [5.74, 6) is 0.492. The second-order valence-electron chi connectivity index (χ2n) is 5.61. The number of aromatic nitrogens is 4. The number of primary amides is 1. The summed E-state index contributed by atoms with van der Waals surface area (Å²) in [6.45, 7) is -0.202. The zero-order chi connectivity index (χ0) is 19.9. The van der Waals surface area contributed by atoms with Gasteiger partial charge in [-0.3, -0.25) is 19.1 Å². The third-order valence-electron chi connectivity index (χ3n) is 3.69. The standard InChI is InChI=1S/C18H18N6O3S/c1-27-14-4-2-13(3-5-14)24-17(12-6-8-20-9-7-12)22-23-18(24)28-11-16(26)21-10-15(19)25/h2-9H,10-11H2,1H3,(H2,19,25)(H,21,26). The Morgan fingerprint density at radius 3 is 2.50 bits per heavy atom. The highest BCUT2D eigenvalue weighted by Crippen LogP contribution is 2.28. The molecule has 0 atom stereocenters. The summed E-state index contributed by atoms with van der Waals surface area (Å²) in [5.41, 5.74) is 6.69. The molecule has 0 saturated heterocycles. The van der Waals surface area contributed by atoms with Crippen molar-refractivity contribution in [3.8, 4) is 22.8 Å². The molecule has 2 amide bonds. The Hall–Kier alpha value is -3.40. The van der Waals surface area contributed by atoms with E-state index in [2.05, 4.69) is 20.5 Å². The summed E-state index contributed by atoms with van der Waals surface area (Å²) in [5, 5.41) is 11.5. The van der Waals surface area contributed by atoms with Crippen molar-refractivity contribution in [2.45, 2.75) is 5.16 Å². The molecule has 0 aliphatic rings. The van der Waals surface area contributed by atoms with Crippen molar-refractivity contribution in [2.24, 2.45) is 5.73 Å². The van der Waals surface area contributed by atoms with E-state index in [1.807, 2.05) is 41.0 Å². The minimum absolute atomic E-state index is 0.0674. The molecule has 28 heavy (non-hydrogen) atoms. The maximum absolute atomic E-state index is 11.9. The molecular weight excluding hydrogens is 380 g/mol. The zero-order valence-electron chi connectivity index (χ0n) is 15.0. The average Bonchev–Trinajstić information content (AvgIpc) is 3.15. The molecule has 9 nitrogen and oxygen atoms in total. The number of ether oxygens (including phenoxy) is 1. The molecule has 10 heteroatoms. The first-order valence-electron chi connectivity index (χ1n) is 8.26. The van der Waals surface area contributed by atoms with E-state index in [1.165, 1.54) is 11.8 Å². The Morgan fingerprint density at radius 1 is 1.14 bits per heavy atom. The minimum Gasteiger partial charge on any atom is -0.497 e. The van der Waals surface area contributed by atoms with Crippen molar-refractivity contribution in [2.75, 3.05) is 19.4 Å². The summed E-state index contributed by atoms with van der Waals surface area (Å²) in [7, 11) is 1.60. The first kappa shape index (κ1) is 19.4. The second kappa shape index (κ2) is 9.00. The van der Waals surface area contributed by atoms with Gasteiger partial charge in [0.15, 0.2) is 11.0 Å². The Kier molecular flexibility index (Phi) is 6.22. The predicted molar refractivity (Wildman–Crippen MR) is 104 cm³/mol. The zero-order valence-corrected chi connectivity index (χ0v) is 15.8. The monoisotopic (exact) mass is 398 g/mol. The number of hydrogen-bond donors (Lipinski definition) is 2. The fourth-order valence-electron chi connectivity index (χ4n) is 2.38. The maximum Gasteiger partial charge on any atom is 0.236 e. The van der Waals surface area contributed by atoms with Crippen LogP contribution in [0.3, 0.4) is 0 Å². The lowest BCUT2D eigenvalue weighted by Crippen LogP contribution is -2.34. The van der Waals surface area contributed by atoms with Gasteiger partial charge < -0.3 is 15.8 Å². The number of rotatable bonds is 8. The molecule has 2 heterocycles. The third kappa shape index (κ3) is 4.65. The molecular formula is C18H18N6O3S. The Bertz CT molecular complexity index is 959. The van der Waals surface area contributed by atoms with Crippen molar-refractivity contribution in [3.05, 3.63) is 48.8 Å². The number of nitrogens with one attached hydrogen (secondary N) is 1. The lowest BCUT2D eigenvalue weighted by Gasteiger charge is -2.11. The van der Waals surface area contributed by atoms with Gasteiger partial charge in [0.1, 0.15) is 5.75 Å². The second-order valence-corrected chi connectivity index (χ2v) is 6.55. The summed E-state index contributed by atoms with van der Waals surface area (Å²) in [6, 6.07) is 11.1. The number of carbonyl (C=O) groups excluding carboxylic acids is 2. The summed E-state index contributed by atoms with van der Waals surface area (Å²) < 4.78 is 7.06. The van der Waals surface area contributed by atoms with Crippen LogP contribution >= 0.6 is 11.8 Å². The first-order chi connectivity index (χ1) is 13.6. The van der Waals surface area contributed by atoms with Crippen LogP contribution in [0.25, 0.3) is 17.1 Å². The van der Waals surface area contributed by atoms with Crippen LogP contribution in [-0.2, 0) is 9.59 Å². The van der Waals surface area contributed by atoms with Crippen LogP contribution in [0, 0.1) is 0 Å². The molecule has 3 aromatic rings. The van der Waals surface area contributed by atoms with E-state index in [9.17, 15) is 9.59 Å². The van der Waals surface area contributed by atoms with E-state index in [4.69, 9.17) is 10.5 Å². The Morgan fingerprint density at radius 2 is 1.86 bits per heavy atom. The molecule has 1 aromatic carbocycles. The number of nitrogens with zero attached hydrogens (tertiary/aromatic N) is 4. The van der Waals surface area contributed by atoms with E-state index in [0.717, 1.165) is 17.0 Å². The Balaban J connectivity index is 1.90. The summed E-state index contributed by atoms with van der Waals surface area (Å²) >= 11 is 1.21. The van der Waals surface area contributed by atoms with Crippen molar-refractivity contribution in [3.63, 3.8) is 0 Å². The number of nitrogens with two attached hydrogens (primary N) is 1. The number of methoxy groups -OCH3 is 1. The maximum atomic E-state index is 11.9. The van der Waals surface area contributed by atoms with Gasteiger partial charge in [0.2, 0.25) is 11.8 Å². The van der Waals surface area contributed by atoms with Crippen molar-refractivity contribution in [1.82, 2.24) is 25.1 Å². The molecule has 0 unspecified atom stereocenters. The SMILES string of the molecule is COc1ccc(-n2c(SCC(=O)NCC(N)=O)nnc2-c2ccncc2)cc1. The molecule has 144 valence electrons. The first-order valence-corrected chi connectivity index (χ1v) is 9.25. The van der Waals surface area contributed by atoms with Gasteiger partial charge in [-0.05, 0) is 36.4 Å². The molecule has 0 aliphatic heterocycles. The van der Waals surface area contributed by atoms with Crippen LogP contribution in [0.5, 0.6) is 5.75 Å². The van der Waals surface area contributed by atoms with Crippen LogP contribution in [0.2, 0.25) is 0 Å². The normalized spacial score (nSPS) is 10.5. The van der Waals surface area contributed by atoms with Gasteiger partial charge in [-0.1, -0.05) is 11.8 Å². The summed E-state index contributed by atoms with van der Waals surface area (Å²) in [6.07, 6.45) is 3.35.